The van der Waals surface area contributed by atoms with Gasteiger partial charge in [0.2, 0.25) is 5.91 Å². The standard InChI is InChI=1S/C25H28FN3O/c1-16-14-22(17(2)12-20(16)13-18(3)25(30)28-11-10-27)19-8-9-24(23(26)15-19)29-21-6-4-5-7-21/h8-9,12-15,21,29H,4-7,11H2,1-3H3,(H,28,30)/b18-13+. The third kappa shape index (κ3) is 5.07. The van der Waals surface area contributed by atoms with Gasteiger partial charge in [0.05, 0.1) is 11.8 Å². The molecule has 0 radical (unpaired) electrons. The Morgan fingerprint density at radius 3 is 2.60 bits per heavy atom. The number of nitrogens with one attached hydrogen (secondary N) is 2. The van der Waals surface area contributed by atoms with E-state index in [4.69, 9.17) is 5.26 Å². The van der Waals surface area contributed by atoms with Crippen molar-refractivity contribution >= 4 is 17.7 Å². The van der Waals surface area contributed by atoms with E-state index in [1.165, 1.54) is 12.8 Å². The van der Waals surface area contributed by atoms with Gasteiger partial charge in [-0.05, 0) is 79.6 Å². The number of benzene rings is 2. The first-order valence-corrected chi connectivity index (χ1v) is 10.4. The Bertz CT molecular complexity index is 1010. The summed E-state index contributed by atoms with van der Waals surface area (Å²) in [6, 6.07) is 11.7. The van der Waals surface area contributed by atoms with E-state index in [0.717, 1.165) is 40.7 Å². The lowest BCUT2D eigenvalue weighted by Crippen LogP contribution is -2.24. The van der Waals surface area contributed by atoms with Gasteiger partial charge in [-0.15, -0.1) is 0 Å². The van der Waals surface area contributed by atoms with Gasteiger partial charge in [-0.1, -0.05) is 31.0 Å². The molecule has 1 fully saturated rings. The molecule has 1 saturated carbocycles. The molecule has 0 heterocycles. The van der Waals surface area contributed by atoms with Gasteiger partial charge in [0, 0.05) is 11.6 Å². The third-order valence-electron chi connectivity index (χ3n) is 5.67. The summed E-state index contributed by atoms with van der Waals surface area (Å²) < 4.78 is 14.7. The molecule has 0 spiro atoms. The quantitative estimate of drug-likeness (QED) is 0.492. The van der Waals surface area contributed by atoms with Crippen LogP contribution in [0.4, 0.5) is 10.1 Å². The highest BCUT2D eigenvalue weighted by Gasteiger charge is 2.17. The third-order valence-corrected chi connectivity index (χ3v) is 5.67. The lowest BCUT2D eigenvalue weighted by Gasteiger charge is -2.16. The van der Waals surface area contributed by atoms with E-state index in [0.29, 0.717) is 17.3 Å². The number of anilines is 1. The predicted octanol–water partition coefficient (Wildman–Crippen LogP) is 5.51. The maximum absolute atomic E-state index is 14.7. The topological polar surface area (TPSA) is 64.9 Å². The Balaban J connectivity index is 1.83. The summed E-state index contributed by atoms with van der Waals surface area (Å²) in [6.45, 7) is 5.67. The molecular weight excluding hydrogens is 377 g/mol. The van der Waals surface area contributed by atoms with Crippen LogP contribution in [0.3, 0.4) is 0 Å². The molecule has 30 heavy (non-hydrogen) atoms. The zero-order valence-electron chi connectivity index (χ0n) is 17.8. The van der Waals surface area contributed by atoms with Crippen molar-refractivity contribution in [1.29, 1.82) is 5.26 Å². The summed E-state index contributed by atoms with van der Waals surface area (Å²) in [5, 5.41) is 14.5. The average molecular weight is 406 g/mol. The highest BCUT2D eigenvalue weighted by Crippen LogP contribution is 2.31. The number of nitrogens with zero attached hydrogens (tertiary/aromatic N) is 1. The first kappa shape index (κ1) is 21.6. The van der Waals surface area contributed by atoms with E-state index >= 15 is 0 Å². The molecule has 1 aliphatic carbocycles. The summed E-state index contributed by atoms with van der Waals surface area (Å²) >= 11 is 0. The highest BCUT2D eigenvalue weighted by atomic mass is 19.1. The molecule has 0 aromatic heterocycles. The lowest BCUT2D eigenvalue weighted by atomic mass is 9.94. The fourth-order valence-electron chi connectivity index (χ4n) is 3.95. The van der Waals surface area contributed by atoms with Gasteiger partial charge in [-0.25, -0.2) is 4.39 Å². The van der Waals surface area contributed by atoms with E-state index in [9.17, 15) is 9.18 Å². The monoisotopic (exact) mass is 405 g/mol. The summed E-state index contributed by atoms with van der Waals surface area (Å²) in [5.74, 6) is -0.490. The maximum Gasteiger partial charge on any atom is 0.247 e. The van der Waals surface area contributed by atoms with Crippen molar-refractivity contribution in [3.63, 3.8) is 0 Å². The molecular formula is C25H28FN3O. The number of hydrogen-bond acceptors (Lipinski definition) is 3. The molecule has 3 rings (SSSR count). The molecule has 0 aliphatic heterocycles. The Morgan fingerprint density at radius 1 is 1.20 bits per heavy atom. The average Bonchev–Trinajstić information content (AvgIpc) is 3.23. The molecule has 2 aromatic rings. The van der Waals surface area contributed by atoms with Gasteiger partial charge in [0.15, 0.2) is 0 Å². The van der Waals surface area contributed by atoms with Crippen LogP contribution in [0, 0.1) is 31.0 Å². The van der Waals surface area contributed by atoms with Crippen LogP contribution in [-0.4, -0.2) is 18.5 Å². The van der Waals surface area contributed by atoms with Crippen LogP contribution >= 0.6 is 0 Å². The predicted molar refractivity (Wildman–Crippen MR) is 119 cm³/mol. The number of aryl methyl sites for hydroxylation is 2. The van der Waals surface area contributed by atoms with E-state index in [1.54, 1.807) is 13.0 Å². The van der Waals surface area contributed by atoms with Crippen molar-refractivity contribution < 1.29 is 9.18 Å². The summed E-state index contributed by atoms with van der Waals surface area (Å²) in [5.41, 5.74) is 5.85. The molecule has 156 valence electrons. The lowest BCUT2D eigenvalue weighted by molar-refractivity contribution is -0.117. The fourth-order valence-corrected chi connectivity index (χ4v) is 3.95. The van der Waals surface area contributed by atoms with Crippen LogP contribution in [0.5, 0.6) is 0 Å². The van der Waals surface area contributed by atoms with Crippen molar-refractivity contribution in [3.05, 3.63) is 58.4 Å². The van der Waals surface area contributed by atoms with Gasteiger partial charge < -0.3 is 10.6 Å². The van der Waals surface area contributed by atoms with Gasteiger partial charge in [0.1, 0.15) is 12.4 Å². The number of hydrogen-bond donors (Lipinski definition) is 2. The fraction of sp³-hybridized carbons (Fsp3) is 0.360. The zero-order valence-corrected chi connectivity index (χ0v) is 17.8. The summed E-state index contributed by atoms with van der Waals surface area (Å²) in [6.07, 6.45) is 6.42. The molecule has 2 N–H and O–H groups in total. The number of amides is 1. The Hall–Kier alpha value is -3.13. The molecule has 0 saturated heterocycles. The van der Waals surface area contributed by atoms with Crippen LogP contribution in [-0.2, 0) is 4.79 Å². The SMILES string of the molecule is C/C(=C\c1cc(C)c(-c2ccc(NC3CCCC3)c(F)c2)cc1C)C(=O)NCC#N. The maximum atomic E-state index is 14.7. The molecule has 1 aliphatic rings. The van der Waals surface area contributed by atoms with Gasteiger partial charge in [-0.3, -0.25) is 4.79 Å². The smallest absolute Gasteiger partial charge is 0.247 e. The number of carbonyl (C=O) groups excluding carboxylic acids is 1. The van der Waals surface area contributed by atoms with Crippen molar-refractivity contribution in [3.8, 4) is 17.2 Å². The van der Waals surface area contributed by atoms with Gasteiger partial charge in [-0.2, -0.15) is 5.26 Å². The van der Waals surface area contributed by atoms with Crippen LogP contribution in [0.25, 0.3) is 17.2 Å². The van der Waals surface area contributed by atoms with E-state index in [-0.39, 0.29) is 18.3 Å². The van der Waals surface area contributed by atoms with Crippen molar-refractivity contribution in [2.24, 2.45) is 0 Å². The molecule has 0 atom stereocenters. The molecule has 4 nitrogen and oxygen atoms in total. The minimum atomic E-state index is -0.259. The van der Waals surface area contributed by atoms with Gasteiger partial charge in [0.25, 0.3) is 0 Å². The Morgan fingerprint density at radius 2 is 1.93 bits per heavy atom. The Kier molecular flexibility index (Phi) is 6.89. The number of halogens is 1. The highest BCUT2D eigenvalue weighted by molar-refractivity contribution is 5.97. The first-order chi connectivity index (χ1) is 14.4. The second-order valence-corrected chi connectivity index (χ2v) is 8.01. The minimum Gasteiger partial charge on any atom is -0.380 e. The van der Waals surface area contributed by atoms with E-state index in [2.05, 4.69) is 10.6 Å². The van der Waals surface area contributed by atoms with E-state index in [1.807, 2.05) is 50.3 Å². The molecule has 0 unspecified atom stereocenters. The van der Waals surface area contributed by atoms with Gasteiger partial charge >= 0.3 is 0 Å². The summed E-state index contributed by atoms with van der Waals surface area (Å²) in [7, 11) is 0. The molecule has 5 heteroatoms. The van der Waals surface area contributed by atoms with Crippen molar-refractivity contribution in [2.45, 2.75) is 52.5 Å². The second kappa shape index (κ2) is 9.58. The molecule has 0 bridgehead atoms. The normalized spacial score (nSPS) is 14.4. The minimum absolute atomic E-state index is 0.0157. The van der Waals surface area contributed by atoms with Crippen LogP contribution < -0.4 is 10.6 Å². The van der Waals surface area contributed by atoms with Crippen molar-refractivity contribution in [1.82, 2.24) is 5.32 Å². The first-order valence-electron chi connectivity index (χ1n) is 10.4. The molecule has 1 amide bonds. The van der Waals surface area contributed by atoms with Crippen LogP contribution in [0.1, 0.15) is 49.3 Å². The van der Waals surface area contributed by atoms with Crippen LogP contribution in [0.15, 0.2) is 35.9 Å². The largest absolute Gasteiger partial charge is 0.380 e. The Labute approximate surface area is 177 Å². The number of nitriles is 1. The van der Waals surface area contributed by atoms with E-state index < -0.39 is 0 Å². The zero-order chi connectivity index (χ0) is 21.7. The van der Waals surface area contributed by atoms with Crippen LogP contribution in [0.2, 0.25) is 0 Å². The number of rotatable bonds is 6. The second-order valence-electron chi connectivity index (χ2n) is 8.01. The summed E-state index contributed by atoms with van der Waals surface area (Å²) in [4.78, 5) is 12.0. The van der Waals surface area contributed by atoms with Crippen molar-refractivity contribution in [2.75, 3.05) is 11.9 Å². The number of carbonyl (C=O) groups is 1. The molecule has 2 aromatic carbocycles.